The molecule has 0 aliphatic carbocycles. The van der Waals surface area contributed by atoms with Crippen LogP contribution in [0.15, 0.2) is 66.9 Å². The largest absolute Gasteiger partial charge is 0.495 e. The van der Waals surface area contributed by atoms with Crippen molar-refractivity contribution in [3.63, 3.8) is 0 Å². The highest BCUT2D eigenvalue weighted by Crippen LogP contribution is 2.35. The summed E-state index contributed by atoms with van der Waals surface area (Å²) in [6.07, 6.45) is 1.60. The molecule has 204 valence electrons. The first-order valence-electron chi connectivity index (χ1n) is 12.7. The van der Waals surface area contributed by atoms with Gasteiger partial charge in [-0.15, -0.1) is 0 Å². The van der Waals surface area contributed by atoms with Crippen LogP contribution in [0.25, 0.3) is 10.8 Å². The summed E-state index contributed by atoms with van der Waals surface area (Å²) in [4.78, 5) is 23.6. The monoisotopic (exact) mass is 529 g/mol. The van der Waals surface area contributed by atoms with E-state index in [0.717, 1.165) is 22.9 Å². The van der Waals surface area contributed by atoms with Gasteiger partial charge in [0.05, 0.1) is 18.5 Å². The Bertz CT molecular complexity index is 1450. The van der Waals surface area contributed by atoms with Gasteiger partial charge in [-0.2, -0.15) is 4.98 Å². The summed E-state index contributed by atoms with van der Waals surface area (Å²) in [6, 6.07) is 18.6. The van der Waals surface area contributed by atoms with E-state index in [1.807, 2.05) is 61.5 Å². The lowest BCUT2D eigenvalue weighted by Gasteiger charge is -2.21. The number of ether oxygens (including phenoxy) is 3. The molecule has 4 rings (SSSR count). The number of aromatic nitrogens is 2. The topological polar surface area (TPSA) is 97.8 Å². The van der Waals surface area contributed by atoms with Crippen molar-refractivity contribution >= 4 is 28.2 Å². The number of hydrogen-bond donors (Lipinski definition) is 2. The summed E-state index contributed by atoms with van der Waals surface area (Å²) in [5.41, 5.74) is 2.24. The van der Waals surface area contributed by atoms with Crippen LogP contribution >= 0.6 is 0 Å². The summed E-state index contributed by atoms with van der Waals surface area (Å²) in [7, 11) is 5.52. The van der Waals surface area contributed by atoms with E-state index in [0.29, 0.717) is 35.4 Å². The van der Waals surface area contributed by atoms with Crippen molar-refractivity contribution in [3.8, 4) is 23.4 Å². The number of hydrogen-bond acceptors (Lipinski definition) is 7. The predicted molar refractivity (Wildman–Crippen MR) is 154 cm³/mol. The minimum Gasteiger partial charge on any atom is -0.495 e. The molecule has 4 aromatic rings. The van der Waals surface area contributed by atoms with Crippen molar-refractivity contribution in [3.05, 3.63) is 72.4 Å². The second-order valence-electron chi connectivity index (χ2n) is 10.3. The Morgan fingerprint density at radius 2 is 1.64 bits per heavy atom. The number of fused-ring (bicyclic) bond motifs is 1. The Morgan fingerprint density at radius 3 is 2.36 bits per heavy atom. The van der Waals surface area contributed by atoms with E-state index in [9.17, 15) is 4.79 Å². The third kappa shape index (κ3) is 7.14. The Balaban J connectivity index is 1.53. The SMILES string of the molecule is COc1ccc(C(C)(C)C)cc1NC(=O)Nc1ccc(Oc2ccnc(OCCN(C)C)n2)c2ccccc12. The lowest BCUT2D eigenvalue weighted by molar-refractivity contribution is 0.243. The van der Waals surface area contributed by atoms with Gasteiger partial charge in [0.1, 0.15) is 18.1 Å². The minimum atomic E-state index is -0.381. The highest BCUT2D eigenvalue weighted by atomic mass is 16.5. The first-order chi connectivity index (χ1) is 18.6. The number of benzene rings is 3. The standard InChI is InChI=1S/C30H35N5O4/c1-30(2,3)20-11-13-26(37-6)24(19-20)33-28(36)32-23-12-14-25(22-10-8-7-9-21(22)23)39-27-15-16-31-29(34-27)38-18-17-35(4)5/h7-16,19H,17-18H2,1-6H3,(H2,32,33,36). The number of nitrogens with one attached hydrogen (secondary N) is 2. The third-order valence-electron chi connectivity index (χ3n) is 6.04. The van der Waals surface area contributed by atoms with Crippen LogP contribution in [0.2, 0.25) is 0 Å². The molecule has 0 saturated heterocycles. The molecule has 0 spiro atoms. The molecule has 39 heavy (non-hydrogen) atoms. The van der Waals surface area contributed by atoms with Crippen molar-refractivity contribution in [2.24, 2.45) is 0 Å². The number of likely N-dealkylation sites (N-methyl/N-ethyl adjacent to an activating group) is 1. The maximum atomic E-state index is 13.1. The highest BCUT2D eigenvalue weighted by molar-refractivity contribution is 6.08. The van der Waals surface area contributed by atoms with E-state index in [1.54, 1.807) is 31.5 Å². The number of amides is 2. The van der Waals surface area contributed by atoms with E-state index >= 15 is 0 Å². The number of carbonyl (C=O) groups excluding carboxylic acids is 1. The van der Waals surface area contributed by atoms with Gasteiger partial charge in [0.25, 0.3) is 0 Å². The average molecular weight is 530 g/mol. The van der Waals surface area contributed by atoms with Crippen molar-refractivity contribution < 1.29 is 19.0 Å². The number of urea groups is 1. The molecule has 1 aromatic heterocycles. The normalized spacial score (nSPS) is 11.4. The van der Waals surface area contributed by atoms with E-state index in [2.05, 4.69) is 41.4 Å². The maximum Gasteiger partial charge on any atom is 0.323 e. The van der Waals surface area contributed by atoms with Gasteiger partial charge in [-0.25, -0.2) is 9.78 Å². The first kappa shape index (κ1) is 27.7. The van der Waals surface area contributed by atoms with Crippen LogP contribution in [0.5, 0.6) is 23.4 Å². The van der Waals surface area contributed by atoms with Gasteiger partial charge in [0, 0.05) is 29.6 Å². The Labute approximate surface area is 229 Å². The summed E-state index contributed by atoms with van der Waals surface area (Å²) < 4.78 is 17.2. The quantitative estimate of drug-likeness (QED) is 0.262. The van der Waals surface area contributed by atoms with E-state index in [-0.39, 0.29) is 17.5 Å². The molecule has 3 aromatic carbocycles. The number of methoxy groups -OCH3 is 1. The molecule has 0 atom stereocenters. The predicted octanol–water partition coefficient (Wildman–Crippen LogP) is 6.31. The Hall–Kier alpha value is -4.37. The third-order valence-corrected chi connectivity index (χ3v) is 6.04. The molecule has 9 nitrogen and oxygen atoms in total. The molecule has 2 amide bonds. The van der Waals surface area contributed by atoms with Gasteiger partial charge in [-0.05, 0) is 49.3 Å². The van der Waals surface area contributed by atoms with Crippen LogP contribution in [0.4, 0.5) is 16.2 Å². The van der Waals surface area contributed by atoms with Crippen molar-refractivity contribution in [2.75, 3.05) is 45.0 Å². The Kier molecular flexibility index (Phi) is 8.51. The van der Waals surface area contributed by atoms with Crippen molar-refractivity contribution in [1.29, 1.82) is 0 Å². The summed E-state index contributed by atoms with van der Waals surface area (Å²) in [5, 5.41) is 7.53. The van der Waals surface area contributed by atoms with Gasteiger partial charge < -0.3 is 29.7 Å². The van der Waals surface area contributed by atoms with Crippen molar-refractivity contribution in [2.45, 2.75) is 26.2 Å². The number of rotatable bonds is 9. The molecule has 0 fully saturated rings. The smallest absolute Gasteiger partial charge is 0.323 e. The van der Waals surface area contributed by atoms with E-state index < -0.39 is 0 Å². The molecule has 9 heteroatoms. The molecule has 0 unspecified atom stereocenters. The molecule has 0 aliphatic rings. The summed E-state index contributed by atoms with van der Waals surface area (Å²) >= 11 is 0. The molecular formula is C30H35N5O4. The van der Waals surface area contributed by atoms with Gasteiger partial charge in [0.2, 0.25) is 5.88 Å². The lowest BCUT2D eigenvalue weighted by atomic mass is 9.87. The van der Waals surface area contributed by atoms with Crippen LogP contribution in [-0.4, -0.2) is 55.3 Å². The fourth-order valence-corrected chi connectivity index (χ4v) is 3.90. The van der Waals surface area contributed by atoms with Crippen LogP contribution < -0.4 is 24.8 Å². The first-order valence-corrected chi connectivity index (χ1v) is 12.7. The zero-order valence-electron chi connectivity index (χ0n) is 23.2. The Morgan fingerprint density at radius 1 is 0.923 bits per heavy atom. The van der Waals surface area contributed by atoms with Gasteiger partial charge in [0.15, 0.2) is 0 Å². The lowest BCUT2D eigenvalue weighted by Crippen LogP contribution is -2.21. The fraction of sp³-hybridized carbons (Fsp3) is 0.300. The van der Waals surface area contributed by atoms with Crippen LogP contribution in [-0.2, 0) is 5.41 Å². The zero-order chi connectivity index (χ0) is 28.0. The molecule has 0 radical (unpaired) electrons. The number of anilines is 2. The second-order valence-corrected chi connectivity index (χ2v) is 10.3. The molecular weight excluding hydrogens is 494 g/mol. The molecule has 0 bridgehead atoms. The minimum absolute atomic E-state index is 0.0754. The van der Waals surface area contributed by atoms with Gasteiger partial charge in [-0.1, -0.05) is 51.1 Å². The average Bonchev–Trinajstić information content (AvgIpc) is 2.89. The van der Waals surface area contributed by atoms with Crippen LogP contribution in [0, 0.1) is 0 Å². The number of nitrogens with zero attached hydrogens (tertiary/aromatic N) is 3. The van der Waals surface area contributed by atoms with E-state index in [4.69, 9.17) is 14.2 Å². The second kappa shape index (κ2) is 12.0. The van der Waals surface area contributed by atoms with Crippen molar-refractivity contribution in [1.82, 2.24) is 14.9 Å². The molecule has 2 N–H and O–H groups in total. The molecule has 0 saturated carbocycles. The molecule has 0 aliphatic heterocycles. The van der Waals surface area contributed by atoms with E-state index in [1.165, 1.54) is 0 Å². The molecule has 1 heterocycles. The zero-order valence-corrected chi connectivity index (χ0v) is 23.2. The number of carbonyl (C=O) groups is 1. The van der Waals surface area contributed by atoms with Crippen LogP contribution in [0.3, 0.4) is 0 Å². The van der Waals surface area contributed by atoms with Crippen LogP contribution in [0.1, 0.15) is 26.3 Å². The summed E-state index contributed by atoms with van der Waals surface area (Å²) in [6.45, 7) is 7.57. The summed E-state index contributed by atoms with van der Waals surface area (Å²) in [5.74, 6) is 1.54. The highest BCUT2D eigenvalue weighted by Gasteiger charge is 2.18. The van der Waals surface area contributed by atoms with Gasteiger partial charge >= 0.3 is 12.0 Å². The maximum absolute atomic E-state index is 13.1. The van der Waals surface area contributed by atoms with Gasteiger partial charge in [-0.3, -0.25) is 0 Å². The fourth-order valence-electron chi connectivity index (χ4n) is 3.90.